The van der Waals surface area contributed by atoms with E-state index in [1.54, 1.807) is 0 Å². The van der Waals surface area contributed by atoms with Crippen molar-refractivity contribution in [3.8, 4) is 0 Å². The molecule has 5 heteroatoms. The van der Waals surface area contributed by atoms with Gasteiger partial charge in [0.2, 0.25) is 5.91 Å². The van der Waals surface area contributed by atoms with Gasteiger partial charge in [-0.05, 0) is 19.4 Å². The zero-order chi connectivity index (χ0) is 12.6. The van der Waals surface area contributed by atoms with Crippen molar-refractivity contribution in [3.05, 3.63) is 29.3 Å². The van der Waals surface area contributed by atoms with Gasteiger partial charge in [-0.1, -0.05) is 6.92 Å². The van der Waals surface area contributed by atoms with E-state index < -0.39 is 17.7 Å². The first-order valence-electron chi connectivity index (χ1n) is 5.58. The lowest BCUT2D eigenvalue weighted by Crippen LogP contribution is -2.34. The van der Waals surface area contributed by atoms with Crippen LogP contribution in [0, 0.1) is 11.6 Å². The summed E-state index contributed by atoms with van der Waals surface area (Å²) in [4.78, 5) is 11.7. The summed E-state index contributed by atoms with van der Waals surface area (Å²) in [5, 5.41) is 5.50. The Morgan fingerprint density at radius 3 is 2.82 bits per heavy atom. The predicted molar refractivity (Wildman–Crippen MR) is 60.6 cm³/mol. The molecular formula is C12H14F2N2O. The maximum absolute atomic E-state index is 13.7. The number of anilines is 1. The first-order chi connectivity index (χ1) is 8.02. The lowest BCUT2D eigenvalue weighted by molar-refractivity contribution is -0.117. The van der Waals surface area contributed by atoms with Gasteiger partial charge in [0.05, 0.1) is 5.69 Å². The van der Waals surface area contributed by atoms with Crippen LogP contribution < -0.4 is 10.6 Å². The molecule has 2 unspecified atom stereocenters. The Labute approximate surface area is 98.2 Å². The Morgan fingerprint density at radius 2 is 2.18 bits per heavy atom. The van der Waals surface area contributed by atoms with Crippen LogP contribution in [0.4, 0.5) is 14.5 Å². The smallest absolute Gasteiger partial charge is 0.246 e. The third kappa shape index (κ3) is 2.15. The van der Waals surface area contributed by atoms with Crippen molar-refractivity contribution in [3.63, 3.8) is 0 Å². The summed E-state index contributed by atoms with van der Waals surface area (Å²) in [5.74, 6) is -1.73. The molecule has 1 aliphatic rings. The average Bonchev–Trinajstić information content (AvgIpc) is 2.55. The van der Waals surface area contributed by atoms with Gasteiger partial charge in [-0.15, -0.1) is 0 Å². The third-order valence-electron chi connectivity index (χ3n) is 2.97. The van der Waals surface area contributed by atoms with Crippen LogP contribution in [0.3, 0.4) is 0 Å². The molecule has 2 N–H and O–H groups in total. The highest BCUT2D eigenvalue weighted by Crippen LogP contribution is 2.34. The standard InChI is InChI=1S/C12H14F2N2O/c1-3-6(2)15-11-10-8(14)4-7(13)5-9(10)16-12(11)17/h4-6,11,15H,3H2,1-2H3,(H,16,17). The average molecular weight is 240 g/mol. The minimum atomic E-state index is -0.736. The fraction of sp³-hybridized carbons (Fsp3) is 0.417. The molecule has 92 valence electrons. The van der Waals surface area contributed by atoms with Gasteiger partial charge >= 0.3 is 0 Å². The SMILES string of the molecule is CCC(C)NC1C(=O)Nc2cc(F)cc(F)c21. The van der Waals surface area contributed by atoms with Crippen LogP contribution in [0.5, 0.6) is 0 Å². The second-order valence-corrected chi connectivity index (χ2v) is 4.25. The maximum Gasteiger partial charge on any atom is 0.246 e. The summed E-state index contributed by atoms with van der Waals surface area (Å²) in [5.41, 5.74) is 0.421. The van der Waals surface area contributed by atoms with Crippen molar-refractivity contribution >= 4 is 11.6 Å². The van der Waals surface area contributed by atoms with E-state index in [4.69, 9.17) is 0 Å². The molecule has 1 aromatic rings. The molecule has 3 nitrogen and oxygen atoms in total. The number of nitrogens with one attached hydrogen (secondary N) is 2. The minimum absolute atomic E-state index is 0.0844. The molecule has 1 amide bonds. The van der Waals surface area contributed by atoms with Crippen molar-refractivity contribution < 1.29 is 13.6 Å². The van der Waals surface area contributed by atoms with E-state index in [-0.39, 0.29) is 23.2 Å². The van der Waals surface area contributed by atoms with Crippen LogP contribution in [0.1, 0.15) is 31.9 Å². The molecule has 0 aromatic heterocycles. The summed E-state index contributed by atoms with van der Waals surface area (Å²) in [7, 11) is 0. The van der Waals surface area contributed by atoms with Crippen LogP contribution in [0.2, 0.25) is 0 Å². The van der Waals surface area contributed by atoms with Gasteiger partial charge in [-0.3, -0.25) is 10.1 Å². The Balaban J connectivity index is 2.36. The zero-order valence-electron chi connectivity index (χ0n) is 9.68. The number of amides is 1. The first-order valence-corrected chi connectivity index (χ1v) is 5.58. The number of halogens is 2. The lowest BCUT2D eigenvalue weighted by Gasteiger charge is -2.17. The quantitative estimate of drug-likeness (QED) is 0.851. The fourth-order valence-electron chi connectivity index (χ4n) is 1.88. The van der Waals surface area contributed by atoms with Crippen LogP contribution >= 0.6 is 0 Å². The molecule has 2 rings (SSSR count). The van der Waals surface area contributed by atoms with E-state index in [0.29, 0.717) is 0 Å². The van der Waals surface area contributed by atoms with Gasteiger partial charge in [0.25, 0.3) is 0 Å². The van der Waals surface area contributed by atoms with Crippen molar-refractivity contribution in [1.82, 2.24) is 5.32 Å². The fourth-order valence-corrected chi connectivity index (χ4v) is 1.88. The van der Waals surface area contributed by atoms with Crippen molar-refractivity contribution in [1.29, 1.82) is 0 Å². The van der Waals surface area contributed by atoms with Crippen LogP contribution in [0.15, 0.2) is 12.1 Å². The molecule has 0 fully saturated rings. The van der Waals surface area contributed by atoms with Crippen LogP contribution in [-0.2, 0) is 4.79 Å². The predicted octanol–water partition coefficient (Wildman–Crippen LogP) is 2.35. The Hall–Kier alpha value is -1.49. The molecule has 1 heterocycles. The number of carbonyl (C=O) groups is 1. The summed E-state index contributed by atoms with van der Waals surface area (Å²) in [6, 6.07) is 1.28. The van der Waals surface area contributed by atoms with E-state index in [1.165, 1.54) is 0 Å². The van der Waals surface area contributed by atoms with Crippen molar-refractivity contribution in [2.75, 3.05) is 5.32 Å². The van der Waals surface area contributed by atoms with Gasteiger partial charge < -0.3 is 5.32 Å². The molecule has 0 spiro atoms. The Bertz CT molecular complexity index is 462. The van der Waals surface area contributed by atoms with Gasteiger partial charge in [0, 0.05) is 17.7 Å². The molecule has 0 saturated heterocycles. The number of fused-ring (bicyclic) bond motifs is 1. The largest absolute Gasteiger partial charge is 0.324 e. The normalized spacial score (nSPS) is 20.0. The highest BCUT2D eigenvalue weighted by atomic mass is 19.1. The second-order valence-electron chi connectivity index (χ2n) is 4.25. The number of rotatable bonds is 3. The van der Waals surface area contributed by atoms with Gasteiger partial charge in [0.1, 0.15) is 17.7 Å². The molecule has 0 saturated carbocycles. The molecule has 2 atom stereocenters. The van der Waals surface area contributed by atoms with E-state index in [2.05, 4.69) is 10.6 Å². The molecule has 0 bridgehead atoms. The van der Waals surface area contributed by atoms with Crippen molar-refractivity contribution in [2.24, 2.45) is 0 Å². The molecule has 17 heavy (non-hydrogen) atoms. The number of hydrogen-bond donors (Lipinski definition) is 2. The number of hydrogen-bond acceptors (Lipinski definition) is 2. The molecule has 0 aliphatic carbocycles. The maximum atomic E-state index is 13.7. The van der Waals surface area contributed by atoms with Gasteiger partial charge in [-0.2, -0.15) is 0 Å². The minimum Gasteiger partial charge on any atom is -0.324 e. The van der Waals surface area contributed by atoms with E-state index >= 15 is 0 Å². The summed E-state index contributed by atoms with van der Waals surface area (Å²) in [6.07, 6.45) is 0.821. The topological polar surface area (TPSA) is 41.1 Å². The summed E-state index contributed by atoms with van der Waals surface area (Å²) in [6.45, 7) is 3.87. The molecule has 1 aromatic carbocycles. The second kappa shape index (κ2) is 4.41. The third-order valence-corrected chi connectivity index (χ3v) is 2.97. The first kappa shape index (κ1) is 12.0. The zero-order valence-corrected chi connectivity index (χ0v) is 9.68. The van der Waals surface area contributed by atoms with Crippen molar-refractivity contribution in [2.45, 2.75) is 32.4 Å². The van der Waals surface area contributed by atoms with E-state index in [0.717, 1.165) is 18.6 Å². The monoisotopic (exact) mass is 240 g/mol. The molecular weight excluding hydrogens is 226 g/mol. The van der Waals surface area contributed by atoms with Crippen LogP contribution in [-0.4, -0.2) is 11.9 Å². The summed E-state index contributed by atoms with van der Waals surface area (Å²) < 4.78 is 26.7. The molecule has 1 aliphatic heterocycles. The molecule has 0 radical (unpaired) electrons. The number of benzene rings is 1. The number of carbonyl (C=O) groups excluding carboxylic acids is 1. The highest BCUT2D eigenvalue weighted by molar-refractivity contribution is 6.02. The Kier molecular flexibility index (Phi) is 3.11. The highest BCUT2D eigenvalue weighted by Gasteiger charge is 2.34. The van der Waals surface area contributed by atoms with E-state index in [9.17, 15) is 13.6 Å². The van der Waals surface area contributed by atoms with Gasteiger partial charge in [0.15, 0.2) is 0 Å². The summed E-state index contributed by atoms with van der Waals surface area (Å²) >= 11 is 0. The Morgan fingerprint density at radius 1 is 1.47 bits per heavy atom. The van der Waals surface area contributed by atoms with Gasteiger partial charge in [-0.25, -0.2) is 8.78 Å². The van der Waals surface area contributed by atoms with E-state index in [1.807, 2.05) is 13.8 Å². The lowest BCUT2D eigenvalue weighted by atomic mass is 10.1. The van der Waals surface area contributed by atoms with Crippen LogP contribution in [0.25, 0.3) is 0 Å².